The molecule has 0 spiro atoms. The van der Waals surface area contributed by atoms with Gasteiger partial charge in [-0.05, 0) is 62.1 Å². The SMILES string of the molecule is Cc1cc(Oc2nc(N3CCCCC3)nc3c2CN(C(=O)c2ccccc2Cl)CC3)ccc1F. The van der Waals surface area contributed by atoms with Gasteiger partial charge in [0.15, 0.2) is 0 Å². The van der Waals surface area contributed by atoms with Crippen LogP contribution in [-0.4, -0.2) is 40.4 Å². The predicted octanol–water partition coefficient (Wildman–Crippen LogP) is 5.56. The van der Waals surface area contributed by atoms with Crippen LogP contribution in [0.4, 0.5) is 10.3 Å². The van der Waals surface area contributed by atoms with E-state index in [1.807, 2.05) is 0 Å². The number of rotatable bonds is 4. The van der Waals surface area contributed by atoms with E-state index in [0.717, 1.165) is 37.2 Å². The monoisotopic (exact) mass is 480 g/mol. The Morgan fingerprint density at radius 2 is 1.85 bits per heavy atom. The van der Waals surface area contributed by atoms with E-state index in [2.05, 4.69) is 4.90 Å². The number of benzene rings is 2. The molecule has 1 aromatic heterocycles. The van der Waals surface area contributed by atoms with Gasteiger partial charge in [-0.3, -0.25) is 4.79 Å². The summed E-state index contributed by atoms with van der Waals surface area (Å²) in [5.74, 6) is 1.13. The molecule has 2 aliphatic heterocycles. The smallest absolute Gasteiger partial charge is 0.255 e. The van der Waals surface area contributed by atoms with Crippen molar-refractivity contribution in [3.8, 4) is 11.6 Å². The number of nitrogens with zero attached hydrogens (tertiary/aromatic N) is 4. The second-order valence-electron chi connectivity index (χ2n) is 8.77. The number of ether oxygens (including phenoxy) is 1. The zero-order valence-electron chi connectivity index (χ0n) is 19.1. The summed E-state index contributed by atoms with van der Waals surface area (Å²) in [5.41, 5.74) is 2.62. The van der Waals surface area contributed by atoms with Crippen LogP contribution < -0.4 is 9.64 Å². The van der Waals surface area contributed by atoms with E-state index in [1.165, 1.54) is 12.5 Å². The lowest BCUT2D eigenvalue weighted by molar-refractivity contribution is 0.0732. The second-order valence-corrected chi connectivity index (χ2v) is 9.18. The van der Waals surface area contributed by atoms with Crippen LogP contribution in [0.5, 0.6) is 11.6 Å². The van der Waals surface area contributed by atoms with Gasteiger partial charge in [0.1, 0.15) is 11.6 Å². The first-order chi connectivity index (χ1) is 16.5. The molecule has 0 N–H and O–H groups in total. The maximum absolute atomic E-state index is 13.8. The summed E-state index contributed by atoms with van der Waals surface area (Å²) >= 11 is 6.28. The molecule has 0 bridgehead atoms. The standard InChI is InChI=1S/C26H26ClFN4O2/c1-17-15-18(9-10-22(17)28)34-24-20-16-32(25(33)19-7-3-4-8-21(19)27)14-11-23(20)29-26(30-24)31-12-5-2-6-13-31/h3-4,7-10,15H,2,5-6,11-14,16H2,1H3. The van der Waals surface area contributed by atoms with E-state index in [9.17, 15) is 9.18 Å². The van der Waals surface area contributed by atoms with Crippen LogP contribution in [0.1, 0.15) is 46.4 Å². The molecule has 5 rings (SSSR count). The van der Waals surface area contributed by atoms with E-state index in [0.29, 0.717) is 53.2 Å². The van der Waals surface area contributed by atoms with Crippen LogP contribution in [0.2, 0.25) is 5.02 Å². The summed E-state index contributed by atoms with van der Waals surface area (Å²) in [6.45, 7) is 4.36. The molecule has 1 saturated heterocycles. The van der Waals surface area contributed by atoms with Crippen molar-refractivity contribution in [2.45, 2.75) is 39.2 Å². The molecule has 0 radical (unpaired) electrons. The first-order valence-electron chi connectivity index (χ1n) is 11.6. The highest BCUT2D eigenvalue weighted by Crippen LogP contribution is 2.33. The van der Waals surface area contributed by atoms with Gasteiger partial charge in [-0.1, -0.05) is 23.7 Å². The zero-order valence-corrected chi connectivity index (χ0v) is 19.8. The van der Waals surface area contributed by atoms with Crippen molar-refractivity contribution >= 4 is 23.5 Å². The van der Waals surface area contributed by atoms with Crippen molar-refractivity contribution in [1.29, 1.82) is 0 Å². The number of fused-ring (bicyclic) bond motifs is 1. The van der Waals surface area contributed by atoms with Crippen molar-refractivity contribution in [2.75, 3.05) is 24.5 Å². The minimum absolute atomic E-state index is 0.139. The predicted molar refractivity (Wildman–Crippen MR) is 129 cm³/mol. The van der Waals surface area contributed by atoms with E-state index >= 15 is 0 Å². The number of amides is 1. The Labute approximate surface area is 203 Å². The third-order valence-electron chi connectivity index (χ3n) is 6.38. The van der Waals surface area contributed by atoms with Crippen molar-refractivity contribution in [2.24, 2.45) is 0 Å². The van der Waals surface area contributed by atoms with Gasteiger partial charge in [0.25, 0.3) is 5.91 Å². The van der Waals surface area contributed by atoms with Crippen molar-refractivity contribution < 1.29 is 13.9 Å². The highest BCUT2D eigenvalue weighted by molar-refractivity contribution is 6.33. The molecular formula is C26H26ClFN4O2. The van der Waals surface area contributed by atoms with Gasteiger partial charge in [0, 0.05) is 26.1 Å². The first kappa shape index (κ1) is 22.6. The quantitative estimate of drug-likeness (QED) is 0.489. The molecule has 3 heterocycles. The molecule has 0 atom stereocenters. The fraction of sp³-hybridized carbons (Fsp3) is 0.346. The highest BCUT2D eigenvalue weighted by Gasteiger charge is 2.29. The maximum Gasteiger partial charge on any atom is 0.255 e. The van der Waals surface area contributed by atoms with Crippen molar-refractivity contribution in [3.05, 3.63) is 75.7 Å². The molecule has 8 heteroatoms. The maximum atomic E-state index is 13.8. The Morgan fingerprint density at radius 1 is 1.06 bits per heavy atom. The molecule has 2 aromatic carbocycles. The minimum atomic E-state index is -0.289. The van der Waals surface area contributed by atoms with E-state index < -0.39 is 0 Å². The average molecular weight is 481 g/mol. The van der Waals surface area contributed by atoms with Crippen LogP contribution in [0, 0.1) is 12.7 Å². The number of hydrogen-bond donors (Lipinski definition) is 0. The molecule has 6 nitrogen and oxygen atoms in total. The average Bonchev–Trinajstić information content (AvgIpc) is 2.86. The number of piperidine rings is 1. The zero-order chi connectivity index (χ0) is 23.7. The summed E-state index contributed by atoms with van der Waals surface area (Å²) in [7, 11) is 0. The molecular weight excluding hydrogens is 455 g/mol. The third-order valence-corrected chi connectivity index (χ3v) is 6.71. The lowest BCUT2D eigenvalue weighted by Crippen LogP contribution is -2.38. The molecule has 2 aliphatic rings. The summed E-state index contributed by atoms with van der Waals surface area (Å²) in [6.07, 6.45) is 4.01. The van der Waals surface area contributed by atoms with E-state index in [-0.39, 0.29) is 11.7 Å². The van der Waals surface area contributed by atoms with Gasteiger partial charge in [0.05, 0.1) is 28.4 Å². The highest BCUT2D eigenvalue weighted by atomic mass is 35.5. The minimum Gasteiger partial charge on any atom is -0.438 e. The first-order valence-corrected chi connectivity index (χ1v) is 12.0. The molecule has 176 valence electrons. The van der Waals surface area contributed by atoms with Crippen LogP contribution in [-0.2, 0) is 13.0 Å². The number of aromatic nitrogens is 2. The normalized spacial score (nSPS) is 15.7. The molecule has 34 heavy (non-hydrogen) atoms. The fourth-order valence-corrected chi connectivity index (χ4v) is 4.68. The van der Waals surface area contributed by atoms with Crippen molar-refractivity contribution in [1.82, 2.24) is 14.9 Å². The van der Waals surface area contributed by atoms with Gasteiger partial charge in [0.2, 0.25) is 11.8 Å². The van der Waals surface area contributed by atoms with Crippen LogP contribution >= 0.6 is 11.6 Å². The van der Waals surface area contributed by atoms with Gasteiger partial charge < -0.3 is 14.5 Å². The van der Waals surface area contributed by atoms with Gasteiger partial charge in [-0.15, -0.1) is 0 Å². The van der Waals surface area contributed by atoms with Gasteiger partial charge in [-0.25, -0.2) is 9.37 Å². The molecule has 0 aliphatic carbocycles. The number of halogens is 2. The van der Waals surface area contributed by atoms with E-state index in [4.69, 9.17) is 26.3 Å². The largest absolute Gasteiger partial charge is 0.438 e. The molecule has 3 aromatic rings. The lowest BCUT2D eigenvalue weighted by Gasteiger charge is -2.32. The van der Waals surface area contributed by atoms with E-state index in [1.54, 1.807) is 48.2 Å². The second kappa shape index (κ2) is 9.58. The van der Waals surface area contributed by atoms with Gasteiger partial charge in [-0.2, -0.15) is 4.98 Å². The molecule has 0 unspecified atom stereocenters. The Bertz CT molecular complexity index is 1230. The molecule has 0 saturated carbocycles. The van der Waals surface area contributed by atoms with Crippen molar-refractivity contribution in [3.63, 3.8) is 0 Å². The topological polar surface area (TPSA) is 58.6 Å². The third kappa shape index (κ3) is 4.57. The summed E-state index contributed by atoms with van der Waals surface area (Å²) in [6, 6.07) is 11.7. The number of carbonyl (C=O) groups excluding carboxylic acids is 1. The van der Waals surface area contributed by atoms with Crippen LogP contribution in [0.15, 0.2) is 42.5 Å². The Hall–Kier alpha value is -3.19. The molecule has 1 amide bonds. The number of carbonyl (C=O) groups is 1. The number of anilines is 1. The Kier molecular flexibility index (Phi) is 6.37. The lowest BCUT2D eigenvalue weighted by atomic mass is 10.0. The number of hydrogen-bond acceptors (Lipinski definition) is 5. The molecule has 1 fully saturated rings. The number of aryl methyl sites for hydroxylation is 1. The Balaban J connectivity index is 1.50. The summed E-state index contributed by atoms with van der Waals surface area (Å²) in [4.78, 5) is 26.8. The van der Waals surface area contributed by atoms with Crippen LogP contribution in [0.25, 0.3) is 0 Å². The fourth-order valence-electron chi connectivity index (χ4n) is 4.46. The van der Waals surface area contributed by atoms with Gasteiger partial charge >= 0.3 is 0 Å². The van der Waals surface area contributed by atoms with Crippen LogP contribution in [0.3, 0.4) is 0 Å². The summed E-state index contributed by atoms with van der Waals surface area (Å²) in [5, 5.41) is 0.424. The summed E-state index contributed by atoms with van der Waals surface area (Å²) < 4.78 is 20.0. The Morgan fingerprint density at radius 3 is 2.62 bits per heavy atom.